The number of carbonyl (C=O) groups is 1. The Morgan fingerprint density at radius 2 is 1.88 bits per heavy atom. The molecule has 1 amide bonds. The van der Waals surface area contributed by atoms with E-state index in [9.17, 15) is 4.79 Å². The Kier molecular flexibility index (Phi) is 7.60. The molecule has 0 radical (unpaired) electrons. The van der Waals surface area contributed by atoms with Crippen LogP contribution in [0.25, 0.3) is 0 Å². The quantitative estimate of drug-likeness (QED) is 0.778. The van der Waals surface area contributed by atoms with Crippen molar-refractivity contribution in [1.82, 2.24) is 4.98 Å². The highest BCUT2D eigenvalue weighted by Crippen LogP contribution is 2.22. The fraction of sp³-hybridized carbons (Fsp3) is 0.250. The van der Waals surface area contributed by atoms with Gasteiger partial charge in [0.1, 0.15) is 5.82 Å². The average Bonchev–Trinajstić information content (AvgIpc) is 3.02. The Morgan fingerprint density at radius 1 is 1.17 bits per heavy atom. The molecule has 5 nitrogen and oxygen atoms in total. The number of hydrogen-bond acceptors (Lipinski definition) is 4. The predicted octanol–water partition coefficient (Wildman–Crippen LogP) is 4.01. The van der Waals surface area contributed by atoms with Crippen LogP contribution >= 0.6 is 36.4 Å². The molecule has 1 fully saturated rings. The third-order valence-corrected chi connectivity index (χ3v) is 3.99. The van der Waals surface area contributed by atoms with Crippen molar-refractivity contribution in [3.05, 3.63) is 47.1 Å². The lowest BCUT2D eigenvalue weighted by Gasteiger charge is -2.16. The molecule has 0 spiro atoms. The Hall–Kier alpha value is -1.69. The highest BCUT2D eigenvalue weighted by molar-refractivity contribution is 6.34. The summed E-state index contributed by atoms with van der Waals surface area (Å²) in [5.74, 6) is 0.668. The molecule has 1 aliphatic heterocycles. The van der Waals surface area contributed by atoms with Crippen LogP contribution < -0.4 is 16.0 Å². The third kappa shape index (κ3) is 4.66. The highest BCUT2D eigenvalue weighted by atomic mass is 35.5. The van der Waals surface area contributed by atoms with E-state index in [0.29, 0.717) is 22.0 Å². The van der Waals surface area contributed by atoms with Crippen LogP contribution in [0.4, 0.5) is 17.2 Å². The summed E-state index contributed by atoms with van der Waals surface area (Å²) in [7, 11) is 0. The minimum Gasteiger partial charge on any atom is -0.399 e. The number of pyridine rings is 1. The minimum atomic E-state index is -0.277. The molecule has 0 atom stereocenters. The Labute approximate surface area is 158 Å². The Morgan fingerprint density at radius 3 is 2.46 bits per heavy atom. The van der Waals surface area contributed by atoms with Crippen LogP contribution in [0.5, 0.6) is 0 Å². The molecular formula is C16H19Cl3N4O. The minimum absolute atomic E-state index is 0. The number of benzene rings is 1. The maximum Gasteiger partial charge on any atom is 0.257 e. The zero-order chi connectivity index (χ0) is 15.5. The zero-order valence-electron chi connectivity index (χ0n) is 12.9. The largest absolute Gasteiger partial charge is 0.399 e. The van der Waals surface area contributed by atoms with Crippen molar-refractivity contribution < 1.29 is 4.79 Å². The Balaban J connectivity index is 0.00000144. The van der Waals surface area contributed by atoms with Gasteiger partial charge in [0.2, 0.25) is 0 Å². The maximum atomic E-state index is 12.2. The molecule has 0 unspecified atom stereocenters. The number of aromatic nitrogens is 1. The molecule has 1 aromatic heterocycles. The predicted molar refractivity (Wildman–Crippen MR) is 104 cm³/mol. The summed E-state index contributed by atoms with van der Waals surface area (Å²) in [6.07, 6.45) is 4.07. The molecule has 2 aromatic rings. The van der Waals surface area contributed by atoms with Gasteiger partial charge in [0.25, 0.3) is 5.91 Å². The molecule has 130 valence electrons. The number of amides is 1. The first-order valence-corrected chi connectivity index (χ1v) is 7.59. The van der Waals surface area contributed by atoms with Crippen LogP contribution in [0.2, 0.25) is 5.02 Å². The van der Waals surface area contributed by atoms with Crippen LogP contribution in [-0.4, -0.2) is 24.0 Å². The first-order valence-electron chi connectivity index (χ1n) is 7.21. The summed E-state index contributed by atoms with van der Waals surface area (Å²) in [4.78, 5) is 18.9. The third-order valence-electron chi connectivity index (χ3n) is 3.67. The molecule has 8 heteroatoms. The van der Waals surface area contributed by atoms with Gasteiger partial charge in [0, 0.05) is 18.8 Å². The number of halogens is 3. The second-order valence-electron chi connectivity index (χ2n) is 5.29. The second kappa shape index (κ2) is 8.97. The number of anilines is 3. The van der Waals surface area contributed by atoms with E-state index < -0.39 is 0 Å². The summed E-state index contributed by atoms with van der Waals surface area (Å²) in [6.45, 7) is 2.08. The van der Waals surface area contributed by atoms with Gasteiger partial charge in [0.05, 0.1) is 22.5 Å². The van der Waals surface area contributed by atoms with Crippen LogP contribution in [-0.2, 0) is 0 Å². The lowest BCUT2D eigenvalue weighted by atomic mass is 10.2. The van der Waals surface area contributed by atoms with Crippen molar-refractivity contribution in [2.75, 3.05) is 29.0 Å². The molecule has 1 saturated heterocycles. The van der Waals surface area contributed by atoms with E-state index >= 15 is 0 Å². The number of hydrogen-bond donors (Lipinski definition) is 2. The first kappa shape index (κ1) is 20.4. The van der Waals surface area contributed by atoms with E-state index in [1.165, 1.54) is 12.8 Å². The van der Waals surface area contributed by atoms with Crippen molar-refractivity contribution in [3.8, 4) is 0 Å². The van der Waals surface area contributed by atoms with Gasteiger partial charge in [-0.25, -0.2) is 4.98 Å². The van der Waals surface area contributed by atoms with E-state index in [1.807, 2.05) is 12.1 Å². The lowest BCUT2D eigenvalue weighted by molar-refractivity contribution is 0.102. The summed E-state index contributed by atoms with van der Waals surface area (Å²) < 4.78 is 0. The van der Waals surface area contributed by atoms with Crippen LogP contribution in [0.15, 0.2) is 36.5 Å². The van der Waals surface area contributed by atoms with Gasteiger partial charge in [0.15, 0.2) is 0 Å². The molecule has 24 heavy (non-hydrogen) atoms. The van der Waals surface area contributed by atoms with Crippen LogP contribution in [0.3, 0.4) is 0 Å². The van der Waals surface area contributed by atoms with Gasteiger partial charge >= 0.3 is 0 Å². The molecule has 3 N–H and O–H groups in total. The summed E-state index contributed by atoms with van der Waals surface area (Å²) in [5, 5.41) is 3.12. The molecule has 0 saturated carbocycles. The topological polar surface area (TPSA) is 71.2 Å². The fourth-order valence-electron chi connectivity index (χ4n) is 2.51. The van der Waals surface area contributed by atoms with E-state index in [4.69, 9.17) is 17.3 Å². The van der Waals surface area contributed by atoms with Crippen molar-refractivity contribution in [2.24, 2.45) is 0 Å². The van der Waals surface area contributed by atoms with Crippen molar-refractivity contribution in [1.29, 1.82) is 0 Å². The molecule has 0 aliphatic carbocycles. The summed E-state index contributed by atoms with van der Waals surface area (Å²) in [6, 6.07) is 8.59. The summed E-state index contributed by atoms with van der Waals surface area (Å²) in [5.41, 5.74) is 7.18. The number of nitrogens with one attached hydrogen (secondary N) is 1. The number of nitrogen functional groups attached to an aromatic ring is 1. The standard InChI is InChI=1S/C16H17ClN4O.2ClH/c17-14-9-11(18)3-5-13(14)16(22)20-12-4-6-15(19-10-12)21-7-1-2-8-21;;/h3-6,9-10H,1-2,7-8,18H2,(H,20,22);2*1H. The Bertz CT molecular complexity index is 688. The smallest absolute Gasteiger partial charge is 0.257 e. The normalized spacial score (nSPS) is 13.0. The molecular weight excluding hydrogens is 371 g/mol. The second-order valence-corrected chi connectivity index (χ2v) is 5.70. The van der Waals surface area contributed by atoms with E-state index in [-0.39, 0.29) is 30.7 Å². The lowest BCUT2D eigenvalue weighted by Crippen LogP contribution is -2.19. The first-order chi connectivity index (χ1) is 10.6. The van der Waals surface area contributed by atoms with Crippen molar-refractivity contribution in [3.63, 3.8) is 0 Å². The van der Waals surface area contributed by atoms with Gasteiger partial charge in [-0.3, -0.25) is 4.79 Å². The van der Waals surface area contributed by atoms with E-state index in [2.05, 4.69) is 15.2 Å². The SMILES string of the molecule is Cl.Cl.Nc1ccc(C(=O)Nc2ccc(N3CCCC3)nc2)c(Cl)c1. The molecule has 0 bridgehead atoms. The average molecular weight is 390 g/mol. The van der Waals surface area contributed by atoms with Gasteiger partial charge < -0.3 is 16.0 Å². The van der Waals surface area contributed by atoms with Crippen LogP contribution in [0.1, 0.15) is 23.2 Å². The van der Waals surface area contributed by atoms with Gasteiger partial charge in [-0.2, -0.15) is 0 Å². The number of nitrogens with zero attached hydrogens (tertiary/aromatic N) is 2. The molecule has 1 aromatic carbocycles. The monoisotopic (exact) mass is 388 g/mol. The maximum absolute atomic E-state index is 12.2. The molecule has 1 aliphatic rings. The van der Waals surface area contributed by atoms with E-state index in [1.54, 1.807) is 24.4 Å². The summed E-state index contributed by atoms with van der Waals surface area (Å²) >= 11 is 6.04. The van der Waals surface area contributed by atoms with Gasteiger partial charge in [-0.15, -0.1) is 24.8 Å². The molecule has 3 rings (SSSR count). The highest BCUT2D eigenvalue weighted by Gasteiger charge is 2.14. The number of rotatable bonds is 3. The van der Waals surface area contributed by atoms with Gasteiger partial charge in [-0.1, -0.05) is 11.6 Å². The number of nitrogens with two attached hydrogens (primary N) is 1. The van der Waals surface area contributed by atoms with E-state index in [0.717, 1.165) is 18.9 Å². The van der Waals surface area contributed by atoms with Crippen LogP contribution in [0, 0.1) is 0 Å². The zero-order valence-corrected chi connectivity index (χ0v) is 15.3. The van der Waals surface area contributed by atoms with Gasteiger partial charge in [-0.05, 0) is 43.2 Å². The van der Waals surface area contributed by atoms with Crippen molar-refractivity contribution >= 4 is 59.5 Å². The number of carbonyl (C=O) groups excluding carboxylic acids is 1. The van der Waals surface area contributed by atoms with Crippen molar-refractivity contribution in [2.45, 2.75) is 12.8 Å². The fourth-order valence-corrected chi connectivity index (χ4v) is 2.78. The molecule has 2 heterocycles.